The number of aromatic nitrogens is 2. The minimum absolute atomic E-state index is 0.0705. The summed E-state index contributed by atoms with van der Waals surface area (Å²) in [6.45, 7) is 3.92. The number of carbonyl (C=O) groups excluding carboxylic acids is 1. The van der Waals surface area contributed by atoms with Crippen LogP contribution >= 0.6 is 27.7 Å². The normalized spacial score (nSPS) is 10.8. The molecule has 6 heteroatoms. The summed E-state index contributed by atoms with van der Waals surface area (Å²) in [5.74, 6) is 0.215. The van der Waals surface area contributed by atoms with Crippen molar-refractivity contribution < 1.29 is 4.79 Å². The molecule has 1 heterocycles. The van der Waals surface area contributed by atoms with Crippen molar-refractivity contribution in [2.45, 2.75) is 18.9 Å². The first-order valence-electron chi connectivity index (χ1n) is 7.45. The van der Waals surface area contributed by atoms with E-state index in [1.54, 1.807) is 0 Å². The predicted molar refractivity (Wildman–Crippen MR) is 103 cm³/mol. The van der Waals surface area contributed by atoms with Gasteiger partial charge in [0, 0.05) is 4.47 Å². The van der Waals surface area contributed by atoms with Gasteiger partial charge in [-0.3, -0.25) is 4.79 Å². The first kappa shape index (κ1) is 16.9. The Hall–Kier alpha value is -1.92. The molecule has 4 nitrogen and oxygen atoms in total. The Morgan fingerprint density at radius 1 is 1.12 bits per heavy atom. The van der Waals surface area contributed by atoms with Crippen LogP contribution in [0, 0.1) is 13.8 Å². The molecule has 3 aromatic rings. The molecule has 0 spiro atoms. The molecule has 0 bridgehead atoms. The maximum atomic E-state index is 12.2. The highest BCUT2D eigenvalue weighted by Gasteiger charge is 2.10. The van der Waals surface area contributed by atoms with Gasteiger partial charge in [0.15, 0.2) is 0 Å². The molecule has 0 aliphatic carbocycles. The van der Waals surface area contributed by atoms with E-state index in [-0.39, 0.29) is 11.7 Å². The van der Waals surface area contributed by atoms with E-state index in [1.165, 1.54) is 11.8 Å². The van der Waals surface area contributed by atoms with Gasteiger partial charge >= 0.3 is 0 Å². The highest BCUT2D eigenvalue weighted by atomic mass is 79.9. The first-order chi connectivity index (χ1) is 11.5. The summed E-state index contributed by atoms with van der Waals surface area (Å²) in [6, 6.07) is 13.6. The molecule has 0 aliphatic rings. The highest BCUT2D eigenvalue weighted by Crippen LogP contribution is 2.25. The monoisotopic (exact) mass is 401 g/mol. The average Bonchev–Trinajstić information content (AvgIpc) is 2.55. The minimum Gasteiger partial charge on any atom is -0.324 e. The number of halogens is 1. The number of benzene rings is 2. The van der Waals surface area contributed by atoms with Gasteiger partial charge < -0.3 is 5.32 Å². The second-order valence-electron chi connectivity index (χ2n) is 5.42. The molecule has 0 unspecified atom stereocenters. The third-order valence-electron chi connectivity index (χ3n) is 3.44. The zero-order valence-corrected chi connectivity index (χ0v) is 15.7. The van der Waals surface area contributed by atoms with E-state index in [1.807, 2.05) is 56.3 Å². The number of fused-ring (bicyclic) bond motifs is 1. The maximum absolute atomic E-state index is 12.2. The number of anilines is 1. The second kappa shape index (κ2) is 7.32. The summed E-state index contributed by atoms with van der Waals surface area (Å²) in [6.07, 6.45) is 0. The van der Waals surface area contributed by atoms with Gasteiger partial charge in [0.05, 0.1) is 28.2 Å². The van der Waals surface area contributed by atoms with Crippen LogP contribution in [-0.2, 0) is 4.79 Å². The molecule has 0 atom stereocenters. The van der Waals surface area contributed by atoms with Gasteiger partial charge in [0.25, 0.3) is 0 Å². The van der Waals surface area contributed by atoms with E-state index in [9.17, 15) is 4.79 Å². The maximum Gasteiger partial charge on any atom is 0.234 e. The lowest BCUT2D eigenvalue weighted by molar-refractivity contribution is -0.113. The summed E-state index contributed by atoms with van der Waals surface area (Å²) in [5.41, 5.74) is 4.45. The number of rotatable bonds is 4. The number of aryl methyl sites for hydroxylation is 2. The van der Waals surface area contributed by atoms with Gasteiger partial charge in [-0.1, -0.05) is 30.0 Å². The molecule has 0 saturated heterocycles. The van der Waals surface area contributed by atoms with Gasteiger partial charge in [-0.25, -0.2) is 9.97 Å². The quantitative estimate of drug-likeness (QED) is 0.641. The van der Waals surface area contributed by atoms with E-state index >= 15 is 0 Å². The molecule has 1 N–H and O–H groups in total. The van der Waals surface area contributed by atoms with Crippen LogP contribution in [0.25, 0.3) is 11.0 Å². The number of hydrogen-bond acceptors (Lipinski definition) is 4. The van der Waals surface area contributed by atoms with Gasteiger partial charge in [0.2, 0.25) is 5.91 Å². The zero-order chi connectivity index (χ0) is 17.1. The molecular formula is C18H16BrN3OS. The van der Waals surface area contributed by atoms with E-state index in [4.69, 9.17) is 0 Å². The van der Waals surface area contributed by atoms with Crippen LogP contribution in [0.2, 0.25) is 0 Å². The topological polar surface area (TPSA) is 54.9 Å². The Kier molecular flexibility index (Phi) is 5.16. The molecule has 0 saturated carbocycles. The highest BCUT2D eigenvalue weighted by molar-refractivity contribution is 9.10. The van der Waals surface area contributed by atoms with Crippen molar-refractivity contribution in [2.75, 3.05) is 11.1 Å². The van der Waals surface area contributed by atoms with Crippen LogP contribution in [-0.4, -0.2) is 21.6 Å². The van der Waals surface area contributed by atoms with Crippen LogP contribution < -0.4 is 5.32 Å². The fourth-order valence-corrected chi connectivity index (χ4v) is 3.60. The van der Waals surface area contributed by atoms with Crippen molar-refractivity contribution in [3.05, 3.63) is 58.2 Å². The number of para-hydroxylation sites is 2. The van der Waals surface area contributed by atoms with Crippen LogP contribution in [0.3, 0.4) is 0 Å². The zero-order valence-electron chi connectivity index (χ0n) is 13.3. The largest absolute Gasteiger partial charge is 0.324 e. The number of nitrogens with zero attached hydrogens (tertiary/aromatic N) is 2. The van der Waals surface area contributed by atoms with Gasteiger partial charge in [-0.15, -0.1) is 0 Å². The van der Waals surface area contributed by atoms with Gasteiger partial charge in [0.1, 0.15) is 5.03 Å². The molecule has 3 rings (SSSR count). The Labute approximate surface area is 153 Å². The van der Waals surface area contributed by atoms with E-state index < -0.39 is 0 Å². The number of carbonyl (C=O) groups is 1. The molecule has 24 heavy (non-hydrogen) atoms. The molecule has 0 radical (unpaired) electrons. The summed E-state index contributed by atoms with van der Waals surface area (Å²) >= 11 is 4.86. The second-order valence-corrected chi connectivity index (χ2v) is 7.24. The van der Waals surface area contributed by atoms with Crippen LogP contribution in [0.15, 0.2) is 52.0 Å². The Morgan fingerprint density at radius 3 is 2.54 bits per heavy atom. The molecule has 0 fully saturated rings. The van der Waals surface area contributed by atoms with Crippen LogP contribution in [0.5, 0.6) is 0 Å². The predicted octanol–water partition coefficient (Wildman–Crippen LogP) is 4.74. The lowest BCUT2D eigenvalue weighted by atomic mass is 10.2. The van der Waals surface area contributed by atoms with E-state index in [0.29, 0.717) is 0 Å². The fourth-order valence-electron chi connectivity index (χ4n) is 2.25. The van der Waals surface area contributed by atoms with Gasteiger partial charge in [-0.05, 0) is 59.6 Å². The lowest BCUT2D eigenvalue weighted by Gasteiger charge is -2.09. The molecule has 2 aromatic carbocycles. The van der Waals surface area contributed by atoms with Crippen molar-refractivity contribution in [3.8, 4) is 0 Å². The Morgan fingerprint density at radius 2 is 1.83 bits per heavy atom. The van der Waals surface area contributed by atoms with Crippen LogP contribution in [0.1, 0.15) is 11.3 Å². The molecule has 0 aliphatic heterocycles. The lowest BCUT2D eigenvalue weighted by Crippen LogP contribution is -2.14. The van der Waals surface area contributed by atoms with E-state index in [0.717, 1.165) is 37.5 Å². The van der Waals surface area contributed by atoms with Crippen molar-refractivity contribution in [2.24, 2.45) is 0 Å². The van der Waals surface area contributed by atoms with Crippen molar-refractivity contribution >= 4 is 50.3 Å². The van der Waals surface area contributed by atoms with E-state index in [2.05, 4.69) is 31.2 Å². The molecule has 1 aromatic heterocycles. The molecule has 122 valence electrons. The summed E-state index contributed by atoms with van der Waals surface area (Å²) in [4.78, 5) is 21.3. The SMILES string of the molecule is Cc1ccc(NC(=O)CSc2nc3ccccc3nc2C)c(Br)c1. The number of nitrogens with one attached hydrogen (secondary N) is 1. The smallest absolute Gasteiger partial charge is 0.234 e. The molecular weight excluding hydrogens is 386 g/mol. The molecule has 1 amide bonds. The van der Waals surface area contributed by atoms with Crippen molar-refractivity contribution in [3.63, 3.8) is 0 Å². The standard InChI is InChI=1S/C18H16BrN3OS/c1-11-7-8-14(13(19)9-11)21-17(23)10-24-18-12(2)20-15-5-3-4-6-16(15)22-18/h3-9H,10H2,1-2H3,(H,21,23). The van der Waals surface area contributed by atoms with Crippen LogP contribution in [0.4, 0.5) is 5.69 Å². The van der Waals surface area contributed by atoms with Crippen molar-refractivity contribution in [1.82, 2.24) is 9.97 Å². The number of hydrogen-bond donors (Lipinski definition) is 1. The summed E-state index contributed by atoms with van der Waals surface area (Å²) in [5, 5.41) is 3.69. The minimum atomic E-state index is -0.0705. The summed E-state index contributed by atoms with van der Waals surface area (Å²) in [7, 11) is 0. The third kappa shape index (κ3) is 3.94. The Balaban J connectivity index is 1.69. The Bertz CT molecular complexity index is 914. The first-order valence-corrected chi connectivity index (χ1v) is 9.23. The van der Waals surface area contributed by atoms with Crippen molar-refractivity contribution in [1.29, 1.82) is 0 Å². The fraction of sp³-hybridized carbons (Fsp3) is 0.167. The average molecular weight is 402 g/mol. The summed E-state index contributed by atoms with van der Waals surface area (Å²) < 4.78 is 0.877. The third-order valence-corrected chi connectivity index (χ3v) is 5.16. The number of thioether (sulfide) groups is 1. The van der Waals surface area contributed by atoms with Gasteiger partial charge in [-0.2, -0.15) is 0 Å². The number of amides is 1.